The fourth-order valence-electron chi connectivity index (χ4n) is 2.74. The van der Waals surface area contributed by atoms with Gasteiger partial charge >= 0.3 is 6.01 Å². The number of hydrogen-bond donors (Lipinski definition) is 0. The molecule has 0 aliphatic heterocycles. The average molecular weight is 340 g/mol. The van der Waals surface area contributed by atoms with Gasteiger partial charge in [0, 0.05) is 11.1 Å². The van der Waals surface area contributed by atoms with Gasteiger partial charge in [0.1, 0.15) is 5.69 Å². The van der Waals surface area contributed by atoms with E-state index in [4.69, 9.17) is 9.47 Å². The number of benzene rings is 1. The van der Waals surface area contributed by atoms with E-state index >= 15 is 0 Å². The van der Waals surface area contributed by atoms with Gasteiger partial charge in [-0.2, -0.15) is 9.97 Å². The van der Waals surface area contributed by atoms with E-state index in [1.54, 1.807) is 0 Å². The number of ether oxygens (including phenoxy) is 2. The van der Waals surface area contributed by atoms with Gasteiger partial charge in [-0.05, 0) is 43.0 Å². The molecule has 1 heterocycles. The molecule has 132 valence electrons. The Morgan fingerprint density at radius 2 is 1.84 bits per heavy atom. The number of hydrogen-bond acceptors (Lipinski definition) is 5. The molecule has 25 heavy (non-hydrogen) atoms. The molecule has 0 saturated carbocycles. The van der Waals surface area contributed by atoms with Gasteiger partial charge in [0.2, 0.25) is 11.7 Å². The number of methoxy groups -OCH3 is 2. The SMILES string of the molecule is C/C=C/c1cc(C)cc(C(=O)c2nc(OC)nc(OC)c2C(C)C)c1. The van der Waals surface area contributed by atoms with Crippen LogP contribution in [0.5, 0.6) is 11.9 Å². The zero-order valence-electron chi connectivity index (χ0n) is 15.6. The van der Waals surface area contributed by atoms with Crippen LogP contribution >= 0.6 is 0 Å². The summed E-state index contributed by atoms with van der Waals surface area (Å²) in [5, 5.41) is 0. The topological polar surface area (TPSA) is 61.3 Å². The fraction of sp³-hybridized carbons (Fsp3) is 0.350. The van der Waals surface area contributed by atoms with Crippen molar-refractivity contribution in [3.63, 3.8) is 0 Å². The molecule has 1 aromatic carbocycles. The molecule has 0 radical (unpaired) electrons. The summed E-state index contributed by atoms with van der Waals surface area (Å²) in [7, 11) is 2.99. The molecule has 0 amide bonds. The van der Waals surface area contributed by atoms with Crippen molar-refractivity contribution in [1.29, 1.82) is 0 Å². The highest BCUT2D eigenvalue weighted by molar-refractivity contribution is 6.09. The third-order valence-electron chi connectivity index (χ3n) is 3.78. The monoisotopic (exact) mass is 340 g/mol. The van der Waals surface area contributed by atoms with Crippen molar-refractivity contribution in [1.82, 2.24) is 9.97 Å². The molecule has 0 unspecified atom stereocenters. The summed E-state index contributed by atoms with van der Waals surface area (Å²) in [6, 6.07) is 5.87. The van der Waals surface area contributed by atoms with Crippen LogP contribution in [-0.4, -0.2) is 30.0 Å². The zero-order valence-corrected chi connectivity index (χ0v) is 15.6. The van der Waals surface area contributed by atoms with E-state index in [1.165, 1.54) is 14.2 Å². The number of carbonyl (C=O) groups is 1. The molecule has 0 saturated heterocycles. The summed E-state index contributed by atoms with van der Waals surface area (Å²) in [5.74, 6) is 0.225. The van der Waals surface area contributed by atoms with Crippen molar-refractivity contribution in [2.45, 2.75) is 33.6 Å². The molecule has 2 aromatic rings. The molecular formula is C20H24N2O3. The van der Waals surface area contributed by atoms with Gasteiger partial charge in [-0.1, -0.05) is 32.1 Å². The summed E-state index contributed by atoms with van der Waals surface area (Å²) < 4.78 is 10.5. The van der Waals surface area contributed by atoms with Gasteiger partial charge in [0.25, 0.3) is 0 Å². The Hall–Kier alpha value is -2.69. The van der Waals surface area contributed by atoms with E-state index in [-0.39, 0.29) is 17.7 Å². The lowest BCUT2D eigenvalue weighted by Gasteiger charge is -2.16. The maximum atomic E-state index is 13.2. The van der Waals surface area contributed by atoms with Crippen LogP contribution in [0.3, 0.4) is 0 Å². The van der Waals surface area contributed by atoms with Crippen LogP contribution in [-0.2, 0) is 0 Å². The highest BCUT2D eigenvalue weighted by atomic mass is 16.5. The third-order valence-corrected chi connectivity index (χ3v) is 3.78. The Bertz CT molecular complexity index is 811. The van der Waals surface area contributed by atoms with Crippen LogP contribution in [0.2, 0.25) is 0 Å². The van der Waals surface area contributed by atoms with Crippen LogP contribution in [0.25, 0.3) is 6.08 Å². The number of rotatable bonds is 6. The highest BCUT2D eigenvalue weighted by Gasteiger charge is 2.24. The van der Waals surface area contributed by atoms with Gasteiger partial charge in [-0.15, -0.1) is 0 Å². The number of aryl methyl sites for hydroxylation is 1. The second kappa shape index (κ2) is 7.92. The second-order valence-corrected chi connectivity index (χ2v) is 6.10. The van der Waals surface area contributed by atoms with E-state index < -0.39 is 0 Å². The first-order valence-electron chi connectivity index (χ1n) is 8.20. The predicted molar refractivity (Wildman–Crippen MR) is 98.5 cm³/mol. The summed E-state index contributed by atoms with van der Waals surface area (Å²) >= 11 is 0. The van der Waals surface area contributed by atoms with E-state index in [9.17, 15) is 4.79 Å². The Morgan fingerprint density at radius 3 is 2.40 bits per heavy atom. The Morgan fingerprint density at radius 1 is 1.12 bits per heavy atom. The van der Waals surface area contributed by atoms with Crippen molar-refractivity contribution >= 4 is 11.9 Å². The largest absolute Gasteiger partial charge is 0.481 e. The molecular weight excluding hydrogens is 316 g/mol. The fourth-order valence-corrected chi connectivity index (χ4v) is 2.74. The Kier molecular flexibility index (Phi) is 5.91. The van der Waals surface area contributed by atoms with Crippen molar-refractivity contribution < 1.29 is 14.3 Å². The van der Waals surface area contributed by atoms with Crippen LogP contribution in [0.15, 0.2) is 24.3 Å². The van der Waals surface area contributed by atoms with Gasteiger partial charge in [-0.25, -0.2) is 0 Å². The van der Waals surface area contributed by atoms with E-state index in [2.05, 4.69) is 9.97 Å². The Balaban J connectivity index is 2.66. The minimum atomic E-state index is -0.169. The molecule has 1 aromatic heterocycles. The van der Waals surface area contributed by atoms with E-state index in [1.807, 2.05) is 58.0 Å². The first-order valence-corrected chi connectivity index (χ1v) is 8.20. The average Bonchev–Trinajstić information content (AvgIpc) is 2.59. The van der Waals surface area contributed by atoms with Crippen LogP contribution in [0.4, 0.5) is 0 Å². The molecule has 0 N–H and O–H groups in total. The van der Waals surface area contributed by atoms with Crippen LogP contribution in [0, 0.1) is 6.92 Å². The molecule has 0 aliphatic carbocycles. The minimum absolute atomic E-state index is 0.0274. The number of carbonyl (C=O) groups excluding carboxylic acids is 1. The smallest absolute Gasteiger partial charge is 0.320 e. The lowest BCUT2D eigenvalue weighted by atomic mass is 9.95. The molecule has 2 rings (SSSR count). The lowest BCUT2D eigenvalue weighted by molar-refractivity contribution is 0.103. The molecule has 5 nitrogen and oxygen atoms in total. The quantitative estimate of drug-likeness (QED) is 0.738. The summed E-state index contributed by atoms with van der Waals surface area (Å²) in [6.45, 7) is 7.87. The van der Waals surface area contributed by atoms with Gasteiger partial charge < -0.3 is 9.47 Å². The number of ketones is 1. The maximum absolute atomic E-state index is 13.2. The normalized spacial score (nSPS) is 11.2. The molecule has 0 spiro atoms. The van der Waals surface area contributed by atoms with Crippen molar-refractivity contribution in [2.24, 2.45) is 0 Å². The van der Waals surface area contributed by atoms with Crippen LogP contribution in [0.1, 0.15) is 59.4 Å². The first kappa shape index (κ1) is 18.6. The minimum Gasteiger partial charge on any atom is -0.481 e. The zero-order chi connectivity index (χ0) is 18.6. The molecule has 0 atom stereocenters. The van der Waals surface area contributed by atoms with Gasteiger partial charge in [-0.3, -0.25) is 4.79 Å². The van der Waals surface area contributed by atoms with Gasteiger partial charge in [0.15, 0.2) is 0 Å². The van der Waals surface area contributed by atoms with Crippen molar-refractivity contribution in [2.75, 3.05) is 14.2 Å². The number of nitrogens with zero attached hydrogens (tertiary/aromatic N) is 2. The standard InChI is InChI=1S/C20H24N2O3/c1-7-8-14-9-13(4)10-15(11-14)18(23)17-16(12(2)3)19(24-5)22-20(21-17)25-6/h7-12H,1-6H3/b8-7+. The second-order valence-electron chi connectivity index (χ2n) is 6.10. The maximum Gasteiger partial charge on any atom is 0.320 e. The van der Waals surface area contributed by atoms with Gasteiger partial charge in [0.05, 0.1) is 14.2 Å². The summed E-state index contributed by atoms with van der Waals surface area (Å²) in [4.78, 5) is 21.7. The number of aromatic nitrogens is 2. The molecule has 0 aliphatic rings. The van der Waals surface area contributed by atoms with Crippen molar-refractivity contribution in [3.8, 4) is 11.9 Å². The van der Waals surface area contributed by atoms with Crippen molar-refractivity contribution in [3.05, 3.63) is 52.2 Å². The third kappa shape index (κ3) is 4.05. The summed E-state index contributed by atoms with van der Waals surface area (Å²) in [6.07, 6.45) is 3.91. The number of allylic oxidation sites excluding steroid dienone is 1. The molecule has 0 bridgehead atoms. The van der Waals surface area contributed by atoms with Crippen LogP contribution < -0.4 is 9.47 Å². The highest BCUT2D eigenvalue weighted by Crippen LogP contribution is 2.30. The summed E-state index contributed by atoms with van der Waals surface area (Å²) in [5.41, 5.74) is 3.57. The van der Waals surface area contributed by atoms with E-state index in [0.717, 1.165) is 11.1 Å². The Labute approximate surface area is 148 Å². The molecule has 0 fully saturated rings. The first-order chi connectivity index (χ1) is 11.9. The predicted octanol–water partition coefficient (Wildman–Crippen LogP) is 4.19. The molecule has 5 heteroatoms. The lowest BCUT2D eigenvalue weighted by Crippen LogP contribution is -2.14. The van der Waals surface area contributed by atoms with E-state index in [0.29, 0.717) is 22.7 Å².